The lowest BCUT2D eigenvalue weighted by atomic mass is 10.0. The van der Waals surface area contributed by atoms with E-state index in [0.29, 0.717) is 11.6 Å². The van der Waals surface area contributed by atoms with Gasteiger partial charge in [0.2, 0.25) is 0 Å². The molecule has 0 heterocycles. The van der Waals surface area contributed by atoms with Gasteiger partial charge in [-0.05, 0) is 43.7 Å². The first kappa shape index (κ1) is 18.9. The third kappa shape index (κ3) is 3.14. The molecule has 0 N–H and O–H groups in total. The van der Waals surface area contributed by atoms with Gasteiger partial charge in [-0.2, -0.15) is 5.26 Å². The highest BCUT2D eigenvalue weighted by atomic mass is 35.5. The molecule has 4 nitrogen and oxygen atoms in total. The minimum Gasteiger partial charge on any atom is -0.380 e. The summed E-state index contributed by atoms with van der Waals surface area (Å²) in [6, 6.07) is 16.0. The second-order valence-electron chi connectivity index (χ2n) is 6.60. The number of hydrogen-bond acceptors (Lipinski definition) is 4. The van der Waals surface area contributed by atoms with Gasteiger partial charge in [0.05, 0.1) is 22.8 Å². The van der Waals surface area contributed by atoms with Crippen molar-refractivity contribution in [1.82, 2.24) is 0 Å². The standard InChI is InChI=1S/C20H20ClNO3S/c1-3-25-13-20(12-22)18(15-6-8-16(21)9-7-15)19(20)26(23,24)17-10-4-14(2)5-11-17/h4-11,18-19H,3,13H2,1-2H3/t18-,19+,20+/m0/s1. The minimum absolute atomic E-state index is 0.0864. The molecule has 0 spiro atoms. The van der Waals surface area contributed by atoms with Gasteiger partial charge >= 0.3 is 0 Å². The normalized spacial score (nSPS) is 24.8. The second-order valence-corrected chi connectivity index (χ2v) is 9.10. The van der Waals surface area contributed by atoms with Crippen LogP contribution < -0.4 is 0 Å². The van der Waals surface area contributed by atoms with E-state index in [4.69, 9.17) is 16.3 Å². The van der Waals surface area contributed by atoms with Gasteiger partial charge in [-0.3, -0.25) is 0 Å². The molecule has 1 fully saturated rings. The summed E-state index contributed by atoms with van der Waals surface area (Å²) in [5.74, 6) is -0.442. The van der Waals surface area contributed by atoms with Crippen LogP contribution in [0.4, 0.5) is 0 Å². The number of sulfone groups is 1. The number of aryl methyl sites for hydroxylation is 1. The Kier molecular flexibility index (Phi) is 5.12. The van der Waals surface area contributed by atoms with E-state index in [9.17, 15) is 13.7 Å². The number of hydrogen-bond donors (Lipinski definition) is 0. The quantitative estimate of drug-likeness (QED) is 0.744. The lowest BCUT2D eigenvalue weighted by Crippen LogP contribution is -2.19. The summed E-state index contributed by atoms with van der Waals surface area (Å²) in [7, 11) is -3.68. The van der Waals surface area contributed by atoms with Crippen molar-refractivity contribution in [3.63, 3.8) is 0 Å². The van der Waals surface area contributed by atoms with E-state index in [0.717, 1.165) is 11.1 Å². The lowest BCUT2D eigenvalue weighted by molar-refractivity contribution is 0.117. The molecule has 3 atom stereocenters. The van der Waals surface area contributed by atoms with Gasteiger partial charge in [-0.15, -0.1) is 0 Å². The maximum Gasteiger partial charge on any atom is 0.183 e. The van der Waals surface area contributed by atoms with Gasteiger partial charge in [0.1, 0.15) is 5.41 Å². The summed E-state index contributed by atoms with van der Waals surface area (Å²) in [4.78, 5) is 0.237. The van der Waals surface area contributed by atoms with Crippen LogP contribution in [0.15, 0.2) is 53.4 Å². The predicted molar refractivity (Wildman–Crippen MR) is 101 cm³/mol. The predicted octanol–water partition coefficient (Wildman–Crippen LogP) is 4.13. The maximum absolute atomic E-state index is 13.3. The Bertz CT molecular complexity index is 933. The van der Waals surface area contributed by atoms with Crippen molar-refractivity contribution in [2.45, 2.75) is 29.9 Å². The van der Waals surface area contributed by atoms with Gasteiger partial charge in [0.15, 0.2) is 9.84 Å². The second kappa shape index (κ2) is 7.03. The molecule has 1 saturated carbocycles. The van der Waals surface area contributed by atoms with Crippen LogP contribution in [0.3, 0.4) is 0 Å². The minimum atomic E-state index is -3.68. The van der Waals surface area contributed by atoms with Crippen molar-refractivity contribution in [2.75, 3.05) is 13.2 Å². The van der Waals surface area contributed by atoms with E-state index in [1.807, 2.05) is 13.8 Å². The number of nitriles is 1. The Morgan fingerprint density at radius 1 is 1.15 bits per heavy atom. The summed E-state index contributed by atoms with van der Waals surface area (Å²) < 4.78 is 32.0. The highest BCUT2D eigenvalue weighted by Crippen LogP contribution is 2.64. The summed E-state index contributed by atoms with van der Waals surface area (Å²) >= 11 is 5.95. The Labute approximate surface area is 159 Å². The molecule has 6 heteroatoms. The smallest absolute Gasteiger partial charge is 0.183 e. The maximum atomic E-state index is 13.3. The summed E-state index contributed by atoms with van der Waals surface area (Å²) in [5.41, 5.74) is 0.680. The molecular weight excluding hydrogens is 370 g/mol. The van der Waals surface area contributed by atoms with Crippen LogP contribution in [-0.2, 0) is 14.6 Å². The number of ether oxygens (including phenoxy) is 1. The fourth-order valence-electron chi connectivity index (χ4n) is 3.49. The van der Waals surface area contributed by atoms with Gasteiger partial charge in [0.25, 0.3) is 0 Å². The van der Waals surface area contributed by atoms with Gasteiger partial charge in [-0.25, -0.2) is 8.42 Å². The zero-order valence-electron chi connectivity index (χ0n) is 14.6. The van der Waals surface area contributed by atoms with Crippen LogP contribution in [0, 0.1) is 23.7 Å². The molecule has 26 heavy (non-hydrogen) atoms. The Morgan fingerprint density at radius 2 is 1.77 bits per heavy atom. The van der Waals surface area contributed by atoms with E-state index in [2.05, 4.69) is 6.07 Å². The average Bonchev–Trinajstić information content (AvgIpc) is 3.31. The number of halogens is 1. The van der Waals surface area contributed by atoms with E-state index >= 15 is 0 Å². The van der Waals surface area contributed by atoms with E-state index in [1.165, 1.54) is 0 Å². The average molecular weight is 390 g/mol. The van der Waals surface area contributed by atoms with Gasteiger partial charge in [0, 0.05) is 17.5 Å². The summed E-state index contributed by atoms with van der Waals surface area (Å²) in [6.07, 6.45) is 0. The van der Waals surface area contributed by atoms with Crippen molar-refractivity contribution >= 4 is 21.4 Å². The van der Waals surface area contributed by atoms with Crippen LogP contribution in [0.25, 0.3) is 0 Å². The Balaban J connectivity index is 2.05. The van der Waals surface area contributed by atoms with Gasteiger partial charge in [-0.1, -0.05) is 41.4 Å². The number of rotatable bonds is 6. The molecular formula is C20H20ClNO3S. The van der Waals surface area contributed by atoms with Crippen molar-refractivity contribution in [3.05, 3.63) is 64.7 Å². The Morgan fingerprint density at radius 3 is 2.31 bits per heavy atom. The van der Waals surface area contributed by atoms with Crippen molar-refractivity contribution in [1.29, 1.82) is 5.26 Å². The van der Waals surface area contributed by atoms with Crippen molar-refractivity contribution in [2.24, 2.45) is 5.41 Å². The largest absolute Gasteiger partial charge is 0.380 e. The molecule has 0 aliphatic heterocycles. The summed E-state index contributed by atoms with van der Waals surface area (Å²) in [5, 5.41) is 9.61. The fraction of sp³-hybridized carbons (Fsp3) is 0.350. The molecule has 2 aromatic rings. The molecule has 2 aromatic carbocycles. The molecule has 0 aromatic heterocycles. The van der Waals surface area contributed by atoms with E-state index in [-0.39, 0.29) is 11.5 Å². The SMILES string of the molecule is CCOC[C@@]1(C#N)[C@H](S(=O)(=O)c2ccc(C)cc2)[C@@H]1c1ccc(Cl)cc1. The highest BCUT2D eigenvalue weighted by Gasteiger charge is 2.72. The first-order chi connectivity index (χ1) is 12.4. The molecule has 0 bridgehead atoms. The summed E-state index contributed by atoms with van der Waals surface area (Å²) in [6.45, 7) is 4.24. The van der Waals surface area contributed by atoms with Crippen LogP contribution >= 0.6 is 11.6 Å². The number of benzene rings is 2. The monoisotopic (exact) mass is 389 g/mol. The molecule has 0 radical (unpaired) electrons. The van der Waals surface area contributed by atoms with Crippen LogP contribution in [0.5, 0.6) is 0 Å². The lowest BCUT2D eigenvalue weighted by Gasteiger charge is -2.10. The highest BCUT2D eigenvalue weighted by molar-refractivity contribution is 7.92. The third-order valence-corrected chi connectivity index (χ3v) is 7.47. The van der Waals surface area contributed by atoms with Crippen molar-refractivity contribution in [3.8, 4) is 6.07 Å². The van der Waals surface area contributed by atoms with Crippen LogP contribution in [0.2, 0.25) is 5.02 Å². The molecule has 0 amide bonds. The zero-order chi connectivity index (χ0) is 18.9. The molecule has 136 valence electrons. The third-order valence-electron chi connectivity index (χ3n) is 4.92. The Hall–Kier alpha value is -1.87. The molecule has 1 aliphatic rings. The van der Waals surface area contributed by atoms with Crippen LogP contribution in [-0.4, -0.2) is 26.9 Å². The van der Waals surface area contributed by atoms with E-state index < -0.39 is 26.4 Å². The molecule has 0 saturated heterocycles. The fourth-order valence-corrected chi connectivity index (χ4v) is 5.92. The zero-order valence-corrected chi connectivity index (χ0v) is 16.2. The molecule has 3 rings (SSSR count). The van der Waals surface area contributed by atoms with Gasteiger partial charge < -0.3 is 4.74 Å². The first-order valence-corrected chi connectivity index (χ1v) is 10.3. The van der Waals surface area contributed by atoms with Crippen LogP contribution in [0.1, 0.15) is 24.0 Å². The van der Waals surface area contributed by atoms with Crippen molar-refractivity contribution < 1.29 is 13.2 Å². The first-order valence-electron chi connectivity index (χ1n) is 8.42. The van der Waals surface area contributed by atoms with E-state index in [1.54, 1.807) is 48.5 Å². The molecule has 1 aliphatic carbocycles. The number of nitrogens with zero attached hydrogens (tertiary/aromatic N) is 1. The molecule has 0 unspecified atom stereocenters. The topological polar surface area (TPSA) is 67.2 Å².